The standard InChI is InChI=1S/C16H23FN2O3/c1-4-8-18-15(20)11-19(9-5-2)16(21)12-6-7-14(22-3)13(17)10-12/h6-7,10H,4-5,8-9,11H2,1-3H3,(H,18,20). The molecule has 122 valence electrons. The Kier molecular flexibility index (Phi) is 7.36. The van der Waals surface area contributed by atoms with Crippen molar-refractivity contribution in [2.45, 2.75) is 26.7 Å². The van der Waals surface area contributed by atoms with Crippen LogP contribution in [0.2, 0.25) is 0 Å². The number of hydrogen-bond donors (Lipinski definition) is 1. The monoisotopic (exact) mass is 310 g/mol. The Balaban J connectivity index is 2.84. The van der Waals surface area contributed by atoms with Crippen LogP contribution in [0.15, 0.2) is 18.2 Å². The van der Waals surface area contributed by atoms with E-state index in [-0.39, 0.29) is 29.7 Å². The number of nitrogens with zero attached hydrogens (tertiary/aromatic N) is 1. The normalized spacial score (nSPS) is 10.2. The molecule has 22 heavy (non-hydrogen) atoms. The van der Waals surface area contributed by atoms with Crippen LogP contribution in [0.4, 0.5) is 4.39 Å². The average molecular weight is 310 g/mol. The van der Waals surface area contributed by atoms with Crippen molar-refractivity contribution < 1.29 is 18.7 Å². The second-order valence-corrected chi connectivity index (χ2v) is 4.93. The number of rotatable bonds is 8. The van der Waals surface area contributed by atoms with E-state index in [4.69, 9.17) is 4.74 Å². The molecule has 1 rings (SSSR count). The van der Waals surface area contributed by atoms with Crippen molar-refractivity contribution in [1.82, 2.24) is 10.2 Å². The fourth-order valence-electron chi connectivity index (χ4n) is 2.00. The molecule has 0 aliphatic rings. The Morgan fingerprint density at radius 1 is 1.27 bits per heavy atom. The number of ether oxygens (including phenoxy) is 1. The summed E-state index contributed by atoms with van der Waals surface area (Å²) < 4.78 is 18.5. The third-order valence-corrected chi connectivity index (χ3v) is 3.09. The molecule has 5 nitrogen and oxygen atoms in total. The molecule has 0 fully saturated rings. The van der Waals surface area contributed by atoms with E-state index in [9.17, 15) is 14.0 Å². The molecule has 0 aliphatic heterocycles. The molecule has 0 saturated heterocycles. The number of benzene rings is 1. The summed E-state index contributed by atoms with van der Waals surface area (Å²) in [6, 6.07) is 4.04. The highest BCUT2D eigenvalue weighted by atomic mass is 19.1. The van der Waals surface area contributed by atoms with Gasteiger partial charge in [0.1, 0.15) is 0 Å². The summed E-state index contributed by atoms with van der Waals surface area (Å²) in [6.45, 7) is 4.85. The molecule has 1 aromatic rings. The van der Waals surface area contributed by atoms with Crippen LogP contribution in [0.25, 0.3) is 0 Å². The highest BCUT2D eigenvalue weighted by molar-refractivity contribution is 5.96. The number of carbonyl (C=O) groups excluding carboxylic acids is 2. The highest BCUT2D eigenvalue weighted by Gasteiger charge is 2.19. The summed E-state index contributed by atoms with van der Waals surface area (Å²) in [5.41, 5.74) is 0.204. The van der Waals surface area contributed by atoms with Crippen molar-refractivity contribution in [3.63, 3.8) is 0 Å². The number of methoxy groups -OCH3 is 1. The van der Waals surface area contributed by atoms with Gasteiger partial charge in [-0.3, -0.25) is 9.59 Å². The van der Waals surface area contributed by atoms with Crippen LogP contribution in [-0.2, 0) is 4.79 Å². The van der Waals surface area contributed by atoms with Crippen LogP contribution < -0.4 is 10.1 Å². The van der Waals surface area contributed by atoms with Gasteiger partial charge in [0.05, 0.1) is 13.7 Å². The van der Waals surface area contributed by atoms with Gasteiger partial charge in [0, 0.05) is 18.7 Å². The number of nitrogens with one attached hydrogen (secondary N) is 1. The van der Waals surface area contributed by atoms with Crippen molar-refractivity contribution in [2.75, 3.05) is 26.7 Å². The number of carbonyl (C=O) groups is 2. The molecular weight excluding hydrogens is 287 g/mol. The van der Waals surface area contributed by atoms with Gasteiger partial charge in [0.2, 0.25) is 5.91 Å². The SMILES string of the molecule is CCCNC(=O)CN(CCC)C(=O)c1ccc(OC)c(F)c1. The summed E-state index contributed by atoms with van der Waals surface area (Å²) in [6.07, 6.45) is 1.54. The summed E-state index contributed by atoms with van der Waals surface area (Å²) in [4.78, 5) is 25.6. The molecule has 1 N–H and O–H groups in total. The molecule has 0 bridgehead atoms. The molecule has 0 aliphatic carbocycles. The fraction of sp³-hybridized carbons (Fsp3) is 0.500. The summed E-state index contributed by atoms with van der Waals surface area (Å²) in [5.74, 6) is -1.09. The van der Waals surface area contributed by atoms with Crippen LogP contribution in [0.1, 0.15) is 37.0 Å². The van der Waals surface area contributed by atoms with Gasteiger partial charge >= 0.3 is 0 Å². The van der Waals surface area contributed by atoms with E-state index >= 15 is 0 Å². The van der Waals surface area contributed by atoms with E-state index in [0.29, 0.717) is 19.5 Å². The van der Waals surface area contributed by atoms with Gasteiger partial charge in [-0.15, -0.1) is 0 Å². The van der Waals surface area contributed by atoms with E-state index in [1.807, 2.05) is 13.8 Å². The van der Waals surface area contributed by atoms with Crippen LogP contribution >= 0.6 is 0 Å². The number of halogens is 1. The van der Waals surface area contributed by atoms with Gasteiger partial charge in [-0.2, -0.15) is 0 Å². The molecule has 0 aromatic heterocycles. The van der Waals surface area contributed by atoms with Crippen LogP contribution in [0.5, 0.6) is 5.75 Å². The lowest BCUT2D eigenvalue weighted by Gasteiger charge is -2.21. The van der Waals surface area contributed by atoms with Gasteiger partial charge in [-0.25, -0.2) is 4.39 Å². The van der Waals surface area contributed by atoms with Crippen molar-refractivity contribution in [2.24, 2.45) is 0 Å². The van der Waals surface area contributed by atoms with Gasteiger partial charge in [-0.05, 0) is 31.0 Å². The van der Waals surface area contributed by atoms with Gasteiger partial charge in [-0.1, -0.05) is 13.8 Å². The minimum Gasteiger partial charge on any atom is -0.494 e. The predicted octanol–water partition coefficient (Wildman–Crippen LogP) is 2.21. The first-order valence-corrected chi connectivity index (χ1v) is 7.43. The lowest BCUT2D eigenvalue weighted by Crippen LogP contribution is -2.41. The molecule has 0 saturated carbocycles. The molecular formula is C16H23FN2O3. The maximum Gasteiger partial charge on any atom is 0.254 e. The van der Waals surface area contributed by atoms with Crippen molar-refractivity contribution in [3.8, 4) is 5.75 Å². The maximum atomic E-state index is 13.7. The fourth-order valence-corrected chi connectivity index (χ4v) is 2.00. The minimum atomic E-state index is -0.597. The zero-order valence-corrected chi connectivity index (χ0v) is 13.3. The highest BCUT2D eigenvalue weighted by Crippen LogP contribution is 2.18. The van der Waals surface area contributed by atoms with Gasteiger partial charge in [0.15, 0.2) is 11.6 Å². The van der Waals surface area contributed by atoms with E-state index < -0.39 is 5.82 Å². The Hall–Kier alpha value is -2.11. The second kappa shape index (κ2) is 9.02. The predicted molar refractivity (Wildman–Crippen MR) is 82.4 cm³/mol. The quantitative estimate of drug-likeness (QED) is 0.801. The van der Waals surface area contributed by atoms with E-state index in [0.717, 1.165) is 12.5 Å². The smallest absolute Gasteiger partial charge is 0.254 e. The molecule has 0 spiro atoms. The summed E-state index contributed by atoms with van der Waals surface area (Å²) >= 11 is 0. The Bertz CT molecular complexity index is 520. The first kappa shape index (κ1) is 17.9. The molecule has 0 unspecified atom stereocenters. The Morgan fingerprint density at radius 3 is 2.55 bits per heavy atom. The van der Waals surface area contributed by atoms with Crippen LogP contribution in [0, 0.1) is 5.82 Å². The molecule has 1 aromatic carbocycles. The number of hydrogen-bond acceptors (Lipinski definition) is 3. The molecule has 0 atom stereocenters. The van der Waals surface area contributed by atoms with E-state index in [2.05, 4.69) is 5.32 Å². The zero-order chi connectivity index (χ0) is 16.5. The first-order valence-electron chi connectivity index (χ1n) is 7.43. The van der Waals surface area contributed by atoms with Crippen molar-refractivity contribution in [3.05, 3.63) is 29.6 Å². The van der Waals surface area contributed by atoms with Gasteiger partial charge in [0.25, 0.3) is 5.91 Å². The number of amides is 2. The van der Waals surface area contributed by atoms with Crippen molar-refractivity contribution in [1.29, 1.82) is 0 Å². The largest absolute Gasteiger partial charge is 0.494 e. The van der Waals surface area contributed by atoms with E-state index in [1.54, 1.807) is 0 Å². The molecule has 0 heterocycles. The van der Waals surface area contributed by atoms with E-state index in [1.165, 1.54) is 24.1 Å². The second-order valence-electron chi connectivity index (χ2n) is 4.93. The molecule has 2 amide bonds. The minimum absolute atomic E-state index is 0.0275. The van der Waals surface area contributed by atoms with Crippen molar-refractivity contribution >= 4 is 11.8 Å². The van der Waals surface area contributed by atoms with Crippen LogP contribution in [0.3, 0.4) is 0 Å². The molecule has 0 radical (unpaired) electrons. The average Bonchev–Trinajstić information content (AvgIpc) is 2.51. The zero-order valence-electron chi connectivity index (χ0n) is 13.3. The summed E-state index contributed by atoms with van der Waals surface area (Å²) in [7, 11) is 1.36. The van der Waals surface area contributed by atoms with Gasteiger partial charge < -0.3 is 15.0 Å². The third-order valence-electron chi connectivity index (χ3n) is 3.09. The first-order chi connectivity index (χ1) is 10.5. The summed E-state index contributed by atoms with van der Waals surface area (Å²) in [5, 5.41) is 2.73. The topological polar surface area (TPSA) is 58.6 Å². The van der Waals surface area contributed by atoms with Crippen LogP contribution in [-0.4, -0.2) is 43.5 Å². The lowest BCUT2D eigenvalue weighted by atomic mass is 10.1. The Morgan fingerprint density at radius 2 is 2.00 bits per heavy atom. The lowest BCUT2D eigenvalue weighted by molar-refractivity contribution is -0.121. The Labute approximate surface area is 130 Å². The maximum absolute atomic E-state index is 13.7. The third kappa shape index (κ3) is 5.02. The molecule has 6 heteroatoms.